The number of hydrogen-bond donors (Lipinski definition) is 1. The lowest BCUT2D eigenvalue weighted by Gasteiger charge is -2.01. The van der Waals surface area contributed by atoms with Crippen LogP contribution in [0.2, 0.25) is 5.15 Å². The van der Waals surface area contributed by atoms with Crippen LogP contribution in [0.15, 0.2) is 33.2 Å². The highest BCUT2D eigenvalue weighted by Gasteiger charge is 2.14. The number of halogens is 2. The van der Waals surface area contributed by atoms with Gasteiger partial charge in [-0.1, -0.05) is 11.6 Å². The third kappa shape index (κ3) is 1.67. The molecule has 3 rings (SSSR count). The predicted octanol–water partition coefficient (Wildman–Crippen LogP) is 3.50. The summed E-state index contributed by atoms with van der Waals surface area (Å²) in [4.78, 5) is 15.3. The Morgan fingerprint density at radius 2 is 2.11 bits per heavy atom. The van der Waals surface area contributed by atoms with Gasteiger partial charge in [-0.05, 0) is 40.2 Å². The first-order valence-electron chi connectivity index (χ1n) is 5.04. The van der Waals surface area contributed by atoms with Crippen molar-refractivity contribution in [3.8, 4) is 0 Å². The van der Waals surface area contributed by atoms with E-state index in [1.54, 1.807) is 12.1 Å². The van der Waals surface area contributed by atoms with Gasteiger partial charge in [0.1, 0.15) is 5.15 Å². The minimum Gasteiger partial charge on any atom is -0.450 e. The molecule has 0 saturated carbocycles. The quantitative estimate of drug-likeness (QED) is 0.696. The van der Waals surface area contributed by atoms with Crippen LogP contribution in [0.25, 0.3) is 21.9 Å². The van der Waals surface area contributed by atoms with Crippen molar-refractivity contribution in [2.45, 2.75) is 0 Å². The van der Waals surface area contributed by atoms with Gasteiger partial charge in [-0.2, -0.15) is 0 Å². The molecule has 0 saturated heterocycles. The van der Waals surface area contributed by atoms with Gasteiger partial charge in [-0.15, -0.1) is 0 Å². The van der Waals surface area contributed by atoms with E-state index in [9.17, 15) is 4.79 Å². The van der Waals surface area contributed by atoms with Crippen LogP contribution in [0.4, 0.5) is 0 Å². The van der Waals surface area contributed by atoms with E-state index in [2.05, 4.69) is 20.9 Å². The molecular formula is C12H6BrClN2O2. The average Bonchev–Trinajstić information content (AvgIpc) is 2.75. The summed E-state index contributed by atoms with van der Waals surface area (Å²) in [6.07, 6.45) is 0. The van der Waals surface area contributed by atoms with Gasteiger partial charge >= 0.3 is 0 Å². The van der Waals surface area contributed by atoms with Crippen LogP contribution in [-0.2, 0) is 0 Å². The number of hydrogen-bond acceptors (Lipinski definition) is 3. The summed E-state index contributed by atoms with van der Waals surface area (Å²) in [5, 5.41) is 2.08. The Bertz CT molecular complexity index is 797. The van der Waals surface area contributed by atoms with Crippen LogP contribution >= 0.6 is 27.5 Å². The first-order valence-corrected chi connectivity index (χ1v) is 6.21. The molecule has 0 unspecified atom stereocenters. The number of carbonyl (C=O) groups is 1. The molecule has 0 bridgehead atoms. The van der Waals surface area contributed by atoms with Gasteiger partial charge in [0.05, 0.1) is 9.99 Å². The van der Waals surface area contributed by atoms with Crippen molar-refractivity contribution in [2.75, 3.05) is 0 Å². The number of furan rings is 1. The number of benzene rings is 1. The normalized spacial score (nSPS) is 11.2. The van der Waals surface area contributed by atoms with E-state index in [-0.39, 0.29) is 5.76 Å². The molecule has 6 heteroatoms. The van der Waals surface area contributed by atoms with Crippen LogP contribution < -0.4 is 5.73 Å². The van der Waals surface area contributed by atoms with Crippen LogP contribution in [0.5, 0.6) is 0 Å². The van der Waals surface area contributed by atoms with Crippen molar-refractivity contribution < 1.29 is 9.21 Å². The predicted molar refractivity (Wildman–Crippen MR) is 72.7 cm³/mol. The molecule has 2 N–H and O–H groups in total. The molecule has 0 spiro atoms. The molecule has 0 radical (unpaired) electrons. The van der Waals surface area contributed by atoms with E-state index in [1.807, 2.05) is 12.1 Å². The highest BCUT2D eigenvalue weighted by atomic mass is 79.9. The number of carbonyl (C=O) groups excluding carboxylic acids is 1. The summed E-state index contributed by atoms with van der Waals surface area (Å²) in [6.45, 7) is 0. The molecule has 0 atom stereocenters. The fourth-order valence-corrected chi connectivity index (χ4v) is 2.59. The van der Waals surface area contributed by atoms with E-state index in [0.717, 1.165) is 10.8 Å². The standard InChI is InChI=1S/C12H6BrClN2O2/c13-9-10-5(1-2-8(14)16-10)3-6-4-7(12(15)17)18-11(6)9/h1-4H,(H2,15,17). The molecule has 4 nitrogen and oxygen atoms in total. The maximum absolute atomic E-state index is 11.1. The number of aromatic nitrogens is 1. The van der Waals surface area contributed by atoms with Crippen molar-refractivity contribution in [3.63, 3.8) is 0 Å². The zero-order valence-electron chi connectivity index (χ0n) is 8.91. The second-order valence-corrected chi connectivity index (χ2v) is 4.97. The fraction of sp³-hybridized carbons (Fsp3) is 0. The van der Waals surface area contributed by atoms with E-state index in [1.165, 1.54) is 0 Å². The summed E-state index contributed by atoms with van der Waals surface area (Å²) in [5.74, 6) is -0.486. The van der Waals surface area contributed by atoms with Gasteiger partial charge < -0.3 is 10.2 Å². The Kier molecular flexibility index (Phi) is 2.53. The van der Waals surface area contributed by atoms with Gasteiger partial charge in [0.25, 0.3) is 5.91 Å². The number of rotatable bonds is 1. The van der Waals surface area contributed by atoms with Crippen molar-refractivity contribution in [1.82, 2.24) is 4.98 Å². The SMILES string of the molecule is NC(=O)c1cc2cc3ccc(Cl)nc3c(Br)c2o1. The fourth-order valence-electron chi connectivity index (χ4n) is 1.82. The first kappa shape index (κ1) is 11.5. The average molecular weight is 326 g/mol. The zero-order chi connectivity index (χ0) is 12.9. The van der Waals surface area contributed by atoms with Crippen LogP contribution in [0.1, 0.15) is 10.6 Å². The Hall–Kier alpha value is -1.59. The second kappa shape index (κ2) is 3.96. The molecule has 1 aromatic carbocycles. The zero-order valence-corrected chi connectivity index (χ0v) is 11.2. The van der Waals surface area contributed by atoms with Crippen LogP contribution in [-0.4, -0.2) is 10.9 Å². The minimum atomic E-state index is -0.604. The largest absolute Gasteiger partial charge is 0.450 e. The van der Waals surface area contributed by atoms with E-state index in [4.69, 9.17) is 21.8 Å². The maximum Gasteiger partial charge on any atom is 0.284 e. The molecule has 2 heterocycles. The number of nitrogens with zero attached hydrogens (tertiary/aromatic N) is 1. The van der Waals surface area contributed by atoms with Crippen molar-refractivity contribution in [3.05, 3.63) is 39.7 Å². The lowest BCUT2D eigenvalue weighted by molar-refractivity contribution is 0.0976. The number of nitrogens with two attached hydrogens (primary N) is 1. The third-order valence-corrected chi connectivity index (χ3v) is 3.56. The summed E-state index contributed by atoms with van der Waals surface area (Å²) in [6, 6.07) is 7.04. The smallest absolute Gasteiger partial charge is 0.284 e. The molecule has 0 fully saturated rings. The molecule has 18 heavy (non-hydrogen) atoms. The van der Waals surface area contributed by atoms with Gasteiger partial charge in [0, 0.05) is 10.8 Å². The molecule has 3 aromatic rings. The second-order valence-electron chi connectivity index (χ2n) is 3.79. The Morgan fingerprint density at radius 1 is 1.33 bits per heavy atom. The number of fused-ring (bicyclic) bond motifs is 2. The summed E-state index contributed by atoms with van der Waals surface area (Å²) >= 11 is 9.27. The van der Waals surface area contributed by atoms with Crippen LogP contribution in [0, 0.1) is 0 Å². The topological polar surface area (TPSA) is 69.1 Å². The minimum absolute atomic E-state index is 0.118. The number of primary amides is 1. The van der Waals surface area contributed by atoms with E-state index >= 15 is 0 Å². The van der Waals surface area contributed by atoms with Gasteiger partial charge in [-0.3, -0.25) is 4.79 Å². The Morgan fingerprint density at radius 3 is 2.83 bits per heavy atom. The lowest BCUT2D eigenvalue weighted by atomic mass is 10.1. The van der Waals surface area contributed by atoms with Crippen molar-refractivity contribution in [1.29, 1.82) is 0 Å². The first-order chi connectivity index (χ1) is 8.56. The lowest BCUT2D eigenvalue weighted by Crippen LogP contribution is -2.08. The van der Waals surface area contributed by atoms with E-state index < -0.39 is 5.91 Å². The van der Waals surface area contributed by atoms with E-state index in [0.29, 0.717) is 20.7 Å². The highest BCUT2D eigenvalue weighted by molar-refractivity contribution is 9.10. The van der Waals surface area contributed by atoms with Gasteiger partial charge in [-0.25, -0.2) is 4.98 Å². The molecule has 0 aliphatic rings. The Labute approximate surface area is 115 Å². The molecule has 2 aromatic heterocycles. The third-order valence-electron chi connectivity index (χ3n) is 2.61. The molecule has 0 aliphatic carbocycles. The summed E-state index contributed by atoms with van der Waals surface area (Å²) in [5.41, 5.74) is 6.41. The van der Waals surface area contributed by atoms with Crippen molar-refractivity contribution in [2.24, 2.45) is 5.73 Å². The number of pyridine rings is 1. The monoisotopic (exact) mass is 324 g/mol. The van der Waals surface area contributed by atoms with Crippen LogP contribution in [0.3, 0.4) is 0 Å². The molecule has 1 amide bonds. The summed E-state index contributed by atoms with van der Waals surface area (Å²) < 4.78 is 6.06. The highest BCUT2D eigenvalue weighted by Crippen LogP contribution is 2.34. The molecular weight excluding hydrogens is 320 g/mol. The number of amides is 1. The molecule has 0 aliphatic heterocycles. The van der Waals surface area contributed by atoms with Gasteiger partial charge in [0.15, 0.2) is 11.3 Å². The van der Waals surface area contributed by atoms with Crippen molar-refractivity contribution >= 4 is 55.3 Å². The van der Waals surface area contributed by atoms with Gasteiger partial charge in [0.2, 0.25) is 0 Å². The molecule has 90 valence electrons. The summed E-state index contributed by atoms with van der Waals surface area (Å²) in [7, 11) is 0. The Balaban J connectivity index is 2.45. The maximum atomic E-state index is 11.1.